The molecule has 0 atom stereocenters. The van der Waals surface area contributed by atoms with Gasteiger partial charge in [0.15, 0.2) is 0 Å². The highest BCUT2D eigenvalue weighted by atomic mass is 35.5. The Morgan fingerprint density at radius 1 is 1.08 bits per heavy atom. The predicted molar refractivity (Wildman–Crippen MR) is 98.6 cm³/mol. The first-order valence-corrected chi connectivity index (χ1v) is 7.94. The van der Waals surface area contributed by atoms with Gasteiger partial charge in [0.2, 0.25) is 0 Å². The van der Waals surface area contributed by atoms with E-state index in [0.29, 0.717) is 21.4 Å². The number of benzene rings is 2. The van der Waals surface area contributed by atoms with Crippen LogP contribution in [0.15, 0.2) is 48.2 Å². The Kier molecular flexibility index (Phi) is 6.10. The van der Waals surface area contributed by atoms with E-state index in [-0.39, 0.29) is 10.6 Å². The molecule has 0 spiro atoms. The van der Waals surface area contributed by atoms with E-state index in [1.165, 1.54) is 6.20 Å². The monoisotopic (exact) mass is 379 g/mol. The van der Waals surface area contributed by atoms with Gasteiger partial charge < -0.3 is 10.6 Å². The van der Waals surface area contributed by atoms with Gasteiger partial charge in [-0.25, -0.2) is 0 Å². The zero-order valence-electron chi connectivity index (χ0n) is 12.5. The third kappa shape index (κ3) is 4.21. The molecule has 2 aromatic carbocycles. The van der Waals surface area contributed by atoms with Crippen LogP contribution in [-0.4, -0.2) is 5.91 Å². The van der Waals surface area contributed by atoms with Crippen molar-refractivity contribution in [1.29, 1.82) is 5.26 Å². The van der Waals surface area contributed by atoms with Crippen LogP contribution in [0.25, 0.3) is 0 Å². The van der Waals surface area contributed by atoms with Gasteiger partial charge in [-0.3, -0.25) is 4.79 Å². The summed E-state index contributed by atoms with van der Waals surface area (Å²) in [5.74, 6) is -0.603. The number of rotatable bonds is 4. The largest absolute Gasteiger partial charge is 0.360 e. The molecule has 2 N–H and O–H groups in total. The van der Waals surface area contributed by atoms with E-state index < -0.39 is 5.91 Å². The van der Waals surface area contributed by atoms with Crippen LogP contribution in [0.5, 0.6) is 0 Å². The summed E-state index contributed by atoms with van der Waals surface area (Å²) in [6.07, 6.45) is 1.31. The highest BCUT2D eigenvalue weighted by Crippen LogP contribution is 2.29. The average molecular weight is 381 g/mol. The van der Waals surface area contributed by atoms with E-state index in [1.807, 2.05) is 13.0 Å². The first-order chi connectivity index (χ1) is 11.4. The maximum atomic E-state index is 12.2. The zero-order valence-corrected chi connectivity index (χ0v) is 14.8. The lowest BCUT2D eigenvalue weighted by molar-refractivity contribution is -0.112. The van der Waals surface area contributed by atoms with Crippen molar-refractivity contribution in [3.05, 3.63) is 68.8 Å². The highest BCUT2D eigenvalue weighted by molar-refractivity contribution is 6.44. The van der Waals surface area contributed by atoms with Crippen LogP contribution in [0.2, 0.25) is 15.1 Å². The van der Waals surface area contributed by atoms with E-state index in [2.05, 4.69) is 10.6 Å². The number of hydrogen-bond donors (Lipinski definition) is 2. The molecule has 4 nitrogen and oxygen atoms in total. The number of hydrogen-bond acceptors (Lipinski definition) is 3. The Balaban J connectivity index is 2.18. The second-order valence-corrected chi connectivity index (χ2v) is 5.97. The van der Waals surface area contributed by atoms with Crippen molar-refractivity contribution in [2.75, 3.05) is 10.6 Å². The van der Waals surface area contributed by atoms with Crippen LogP contribution in [0.1, 0.15) is 5.56 Å². The second-order valence-electron chi connectivity index (χ2n) is 4.78. The summed E-state index contributed by atoms with van der Waals surface area (Å²) < 4.78 is 0. The molecule has 0 aliphatic carbocycles. The molecule has 0 saturated heterocycles. The van der Waals surface area contributed by atoms with Gasteiger partial charge in [-0.15, -0.1) is 0 Å². The fourth-order valence-electron chi connectivity index (χ4n) is 1.85. The molecule has 122 valence electrons. The molecule has 0 aliphatic rings. The van der Waals surface area contributed by atoms with Crippen molar-refractivity contribution >= 4 is 52.1 Å². The molecule has 24 heavy (non-hydrogen) atoms. The Labute approximate surface area is 154 Å². The van der Waals surface area contributed by atoms with Crippen molar-refractivity contribution in [3.8, 4) is 6.07 Å². The molecule has 0 aliphatic heterocycles. The standard InChI is InChI=1S/C17H12Cl3N3O/c1-10-12(18)4-2-6-14(10)22-9-11(8-21)17(24)23-15-7-3-5-13(19)16(15)20/h2-7,9,22H,1H3,(H,23,24)/b11-9-. The fourth-order valence-corrected chi connectivity index (χ4v) is 2.37. The fraction of sp³-hybridized carbons (Fsp3) is 0.0588. The quantitative estimate of drug-likeness (QED) is 0.550. The van der Waals surface area contributed by atoms with Gasteiger partial charge in [-0.05, 0) is 36.8 Å². The Bertz CT molecular complexity index is 857. The molecule has 2 rings (SSSR count). The van der Waals surface area contributed by atoms with E-state index >= 15 is 0 Å². The topological polar surface area (TPSA) is 64.9 Å². The molecule has 1 amide bonds. The summed E-state index contributed by atoms with van der Waals surface area (Å²) >= 11 is 17.9. The number of carbonyl (C=O) groups is 1. The Morgan fingerprint density at radius 3 is 2.38 bits per heavy atom. The molecule has 0 radical (unpaired) electrons. The van der Waals surface area contributed by atoms with Crippen LogP contribution in [0.3, 0.4) is 0 Å². The molecular formula is C17H12Cl3N3O. The third-order valence-corrected chi connectivity index (χ3v) is 4.43. The summed E-state index contributed by atoms with van der Waals surface area (Å²) in [4.78, 5) is 12.2. The van der Waals surface area contributed by atoms with Gasteiger partial charge in [0.1, 0.15) is 11.6 Å². The first-order valence-electron chi connectivity index (χ1n) is 6.81. The smallest absolute Gasteiger partial charge is 0.267 e. The van der Waals surface area contributed by atoms with Crippen LogP contribution in [0, 0.1) is 18.3 Å². The molecule has 0 unspecified atom stereocenters. The molecule has 0 saturated carbocycles. The molecular weight excluding hydrogens is 369 g/mol. The van der Waals surface area contributed by atoms with Gasteiger partial charge in [0.05, 0.1) is 15.7 Å². The van der Waals surface area contributed by atoms with Gasteiger partial charge in [-0.2, -0.15) is 5.26 Å². The van der Waals surface area contributed by atoms with Crippen molar-refractivity contribution in [1.82, 2.24) is 0 Å². The van der Waals surface area contributed by atoms with Crippen molar-refractivity contribution in [2.45, 2.75) is 6.92 Å². The summed E-state index contributed by atoms with van der Waals surface area (Å²) in [7, 11) is 0. The normalized spacial score (nSPS) is 10.9. The third-order valence-electron chi connectivity index (χ3n) is 3.20. The highest BCUT2D eigenvalue weighted by Gasteiger charge is 2.13. The first kappa shape index (κ1) is 18.2. The van der Waals surface area contributed by atoms with Gasteiger partial charge in [0, 0.05) is 16.9 Å². The molecule has 0 heterocycles. The number of nitriles is 1. The van der Waals surface area contributed by atoms with Crippen LogP contribution in [0.4, 0.5) is 11.4 Å². The van der Waals surface area contributed by atoms with Crippen LogP contribution < -0.4 is 10.6 Å². The summed E-state index contributed by atoms with van der Waals surface area (Å²) in [5, 5.41) is 15.8. The van der Waals surface area contributed by atoms with E-state index in [4.69, 9.17) is 34.8 Å². The van der Waals surface area contributed by atoms with E-state index in [1.54, 1.807) is 36.4 Å². The number of carbonyl (C=O) groups excluding carboxylic acids is 1. The number of halogens is 3. The average Bonchev–Trinajstić information content (AvgIpc) is 2.56. The Hall–Kier alpha value is -2.19. The van der Waals surface area contributed by atoms with Crippen molar-refractivity contribution < 1.29 is 4.79 Å². The van der Waals surface area contributed by atoms with Crippen LogP contribution >= 0.6 is 34.8 Å². The van der Waals surface area contributed by atoms with Gasteiger partial charge in [-0.1, -0.05) is 46.9 Å². The van der Waals surface area contributed by atoms with E-state index in [0.717, 1.165) is 5.56 Å². The summed E-state index contributed by atoms with van der Waals surface area (Å²) in [6, 6.07) is 12.0. The Morgan fingerprint density at radius 2 is 1.71 bits per heavy atom. The lowest BCUT2D eigenvalue weighted by atomic mass is 10.2. The maximum absolute atomic E-state index is 12.2. The molecule has 0 fully saturated rings. The summed E-state index contributed by atoms with van der Waals surface area (Å²) in [6.45, 7) is 1.83. The lowest BCUT2D eigenvalue weighted by Gasteiger charge is -2.09. The number of anilines is 2. The lowest BCUT2D eigenvalue weighted by Crippen LogP contribution is -2.15. The SMILES string of the molecule is Cc1c(Cl)cccc1N/C=C(/C#N)C(=O)Nc1cccc(Cl)c1Cl. The second kappa shape index (κ2) is 8.07. The molecule has 0 aromatic heterocycles. The number of nitrogens with one attached hydrogen (secondary N) is 2. The molecule has 0 bridgehead atoms. The molecule has 2 aromatic rings. The molecule has 7 heteroatoms. The van der Waals surface area contributed by atoms with Crippen molar-refractivity contribution in [3.63, 3.8) is 0 Å². The van der Waals surface area contributed by atoms with E-state index in [9.17, 15) is 10.1 Å². The minimum atomic E-state index is -0.603. The zero-order chi connectivity index (χ0) is 17.7. The minimum absolute atomic E-state index is 0.120. The summed E-state index contributed by atoms with van der Waals surface area (Å²) in [5.41, 5.74) is 1.72. The predicted octanol–water partition coefficient (Wildman–Crippen LogP) is 5.41. The van der Waals surface area contributed by atoms with Crippen molar-refractivity contribution in [2.24, 2.45) is 0 Å². The number of amides is 1. The minimum Gasteiger partial charge on any atom is -0.360 e. The maximum Gasteiger partial charge on any atom is 0.267 e. The van der Waals surface area contributed by atoms with Crippen LogP contribution in [-0.2, 0) is 4.79 Å². The van der Waals surface area contributed by atoms with Gasteiger partial charge in [0.25, 0.3) is 5.91 Å². The number of nitrogens with zero attached hydrogens (tertiary/aromatic N) is 1. The van der Waals surface area contributed by atoms with Gasteiger partial charge >= 0.3 is 0 Å².